The fourth-order valence-corrected chi connectivity index (χ4v) is 3.36. The van der Waals surface area contributed by atoms with Crippen molar-refractivity contribution in [1.29, 1.82) is 0 Å². The fraction of sp³-hybridized carbons (Fsp3) is 0.647. The van der Waals surface area contributed by atoms with E-state index in [2.05, 4.69) is 34.7 Å². The zero-order chi connectivity index (χ0) is 17.4. The molecule has 2 fully saturated rings. The van der Waals surface area contributed by atoms with Gasteiger partial charge in [0, 0.05) is 50.5 Å². The van der Waals surface area contributed by atoms with Crippen LogP contribution in [0, 0.1) is 0 Å². The van der Waals surface area contributed by atoms with E-state index >= 15 is 0 Å². The van der Waals surface area contributed by atoms with Gasteiger partial charge in [0.05, 0.1) is 6.54 Å². The van der Waals surface area contributed by atoms with Crippen LogP contribution >= 0.6 is 0 Å². The number of fused-ring (bicyclic) bond motifs is 1. The first-order valence-corrected chi connectivity index (χ1v) is 9.08. The molecule has 0 unspecified atom stereocenters. The van der Waals surface area contributed by atoms with Crippen molar-refractivity contribution < 1.29 is 4.79 Å². The SMILES string of the molecule is CC(C)NC(=O)CN1CCN(c2nccn3c(C4CC4)nnc23)CC1. The molecule has 2 aromatic rings. The molecule has 1 N–H and O–H groups in total. The van der Waals surface area contributed by atoms with E-state index in [9.17, 15) is 4.79 Å². The minimum Gasteiger partial charge on any atom is -0.353 e. The summed E-state index contributed by atoms with van der Waals surface area (Å²) in [5, 5.41) is 11.7. The zero-order valence-electron chi connectivity index (χ0n) is 14.9. The number of hydrogen-bond acceptors (Lipinski definition) is 6. The number of aromatic nitrogens is 4. The Bertz CT molecular complexity index is 759. The third-order valence-corrected chi connectivity index (χ3v) is 4.77. The lowest BCUT2D eigenvalue weighted by molar-refractivity contribution is -0.122. The lowest BCUT2D eigenvalue weighted by Gasteiger charge is -2.35. The molecule has 4 rings (SSSR count). The molecule has 2 aromatic heterocycles. The molecule has 1 amide bonds. The molecule has 1 saturated heterocycles. The number of anilines is 1. The Morgan fingerprint density at radius 2 is 2.00 bits per heavy atom. The minimum absolute atomic E-state index is 0.0928. The molecule has 2 aliphatic rings. The first-order valence-electron chi connectivity index (χ1n) is 9.08. The van der Waals surface area contributed by atoms with Gasteiger partial charge < -0.3 is 10.2 Å². The van der Waals surface area contributed by atoms with Crippen molar-refractivity contribution in [2.75, 3.05) is 37.6 Å². The normalized spacial score (nSPS) is 18.9. The van der Waals surface area contributed by atoms with Crippen LogP contribution in [0.2, 0.25) is 0 Å². The molecule has 134 valence electrons. The Kier molecular flexibility index (Phi) is 4.29. The van der Waals surface area contributed by atoms with Gasteiger partial charge in [0.15, 0.2) is 5.82 Å². The summed E-state index contributed by atoms with van der Waals surface area (Å²) < 4.78 is 2.09. The third kappa shape index (κ3) is 3.44. The molecule has 3 heterocycles. The van der Waals surface area contributed by atoms with Crippen LogP contribution in [-0.4, -0.2) is 69.2 Å². The molecule has 1 saturated carbocycles. The number of rotatable bonds is 5. The molecule has 0 radical (unpaired) electrons. The molecule has 1 aliphatic carbocycles. The van der Waals surface area contributed by atoms with Gasteiger partial charge in [0.25, 0.3) is 0 Å². The monoisotopic (exact) mass is 343 g/mol. The largest absolute Gasteiger partial charge is 0.353 e. The van der Waals surface area contributed by atoms with Gasteiger partial charge in [-0.25, -0.2) is 4.98 Å². The topological polar surface area (TPSA) is 78.7 Å². The maximum absolute atomic E-state index is 11.9. The van der Waals surface area contributed by atoms with E-state index in [1.165, 1.54) is 12.8 Å². The standard InChI is InChI=1S/C17H25N7O/c1-12(2)19-14(25)11-22-7-9-23(10-8-22)16-17-21-20-15(13-3-4-13)24(17)6-5-18-16/h5-6,12-13H,3-4,7-11H2,1-2H3,(H,19,25). The van der Waals surface area contributed by atoms with Crippen molar-refractivity contribution in [3.05, 3.63) is 18.2 Å². The minimum atomic E-state index is 0.0928. The van der Waals surface area contributed by atoms with Crippen LogP contribution in [0.3, 0.4) is 0 Å². The molecule has 0 atom stereocenters. The average molecular weight is 343 g/mol. The Morgan fingerprint density at radius 3 is 2.68 bits per heavy atom. The van der Waals surface area contributed by atoms with Gasteiger partial charge in [-0.2, -0.15) is 0 Å². The highest BCUT2D eigenvalue weighted by Gasteiger charge is 2.30. The van der Waals surface area contributed by atoms with Crippen molar-refractivity contribution in [1.82, 2.24) is 29.8 Å². The van der Waals surface area contributed by atoms with Crippen molar-refractivity contribution in [2.24, 2.45) is 0 Å². The number of carbonyl (C=O) groups excluding carboxylic acids is 1. The smallest absolute Gasteiger partial charge is 0.234 e. The van der Waals surface area contributed by atoms with Crippen molar-refractivity contribution in [3.8, 4) is 0 Å². The molecule has 8 heteroatoms. The number of nitrogens with one attached hydrogen (secondary N) is 1. The number of piperazine rings is 1. The van der Waals surface area contributed by atoms with Crippen molar-refractivity contribution in [3.63, 3.8) is 0 Å². The second-order valence-corrected chi connectivity index (χ2v) is 7.26. The van der Waals surface area contributed by atoms with E-state index in [1.807, 2.05) is 26.2 Å². The van der Waals surface area contributed by atoms with Gasteiger partial charge in [-0.1, -0.05) is 0 Å². The van der Waals surface area contributed by atoms with Crippen LogP contribution in [0.1, 0.15) is 38.4 Å². The summed E-state index contributed by atoms with van der Waals surface area (Å²) >= 11 is 0. The fourth-order valence-electron chi connectivity index (χ4n) is 3.36. The lowest BCUT2D eigenvalue weighted by Crippen LogP contribution is -2.50. The van der Waals surface area contributed by atoms with E-state index < -0.39 is 0 Å². The number of carbonyl (C=O) groups is 1. The molecule has 8 nitrogen and oxygen atoms in total. The first kappa shape index (κ1) is 16.3. The van der Waals surface area contributed by atoms with Gasteiger partial charge in [-0.15, -0.1) is 10.2 Å². The molecule has 1 aliphatic heterocycles. The Balaban J connectivity index is 1.42. The van der Waals surface area contributed by atoms with Crippen LogP contribution in [0.5, 0.6) is 0 Å². The zero-order valence-corrected chi connectivity index (χ0v) is 14.9. The summed E-state index contributed by atoms with van der Waals surface area (Å²) in [6.45, 7) is 7.80. The first-order chi connectivity index (χ1) is 12.1. The quantitative estimate of drug-likeness (QED) is 0.859. The van der Waals surface area contributed by atoms with E-state index in [-0.39, 0.29) is 11.9 Å². The third-order valence-electron chi connectivity index (χ3n) is 4.77. The van der Waals surface area contributed by atoms with Crippen LogP contribution in [-0.2, 0) is 4.79 Å². The van der Waals surface area contributed by atoms with Gasteiger partial charge in [-0.05, 0) is 26.7 Å². The molecule has 0 aromatic carbocycles. The summed E-state index contributed by atoms with van der Waals surface area (Å²) in [4.78, 5) is 20.9. The Labute approximate surface area is 147 Å². The van der Waals surface area contributed by atoms with Gasteiger partial charge in [-0.3, -0.25) is 14.1 Å². The highest BCUT2D eigenvalue weighted by molar-refractivity contribution is 5.78. The number of amides is 1. The predicted octanol–water partition coefficient (Wildman–Crippen LogP) is 0.648. The molecular weight excluding hydrogens is 318 g/mol. The van der Waals surface area contributed by atoms with E-state index in [4.69, 9.17) is 0 Å². The van der Waals surface area contributed by atoms with Gasteiger partial charge in [0.1, 0.15) is 5.82 Å². The molecule has 0 spiro atoms. The second kappa shape index (κ2) is 6.59. The summed E-state index contributed by atoms with van der Waals surface area (Å²) in [6, 6.07) is 0.184. The predicted molar refractivity (Wildman–Crippen MR) is 94.7 cm³/mol. The van der Waals surface area contributed by atoms with E-state index in [1.54, 1.807) is 0 Å². The lowest BCUT2D eigenvalue weighted by atomic mass is 10.3. The van der Waals surface area contributed by atoms with Gasteiger partial charge >= 0.3 is 0 Å². The van der Waals surface area contributed by atoms with E-state index in [0.717, 1.165) is 43.5 Å². The summed E-state index contributed by atoms with van der Waals surface area (Å²) in [7, 11) is 0. The van der Waals surface area contributed by atoms with Gasteiger partial charge in [0.2, 0.25) is 11.6 Å². The summed E-state index contributed by atoms with van der Waals surface area (Å²) in [5.41, 5.74) is 0.843. The summed E-state index contributed by atoms with van der Waals surface area (Å²) in [5.74, 6) is 2.60. The summed E-state index contributed by atoms with van der Waals surface area (Å²) in [6.07, 6.45) is 6.20. The van der Waals surface area contributed by atoms with Crippen molar-refractivity contribution in [2.45, 2.75) is 38.6 Å². The van der Waals surface area contributed by atoms with Crippen LogP contribution in [0.25, 0.3) is 5.65 Å². The Hall–Kier alpha value is -2.22. The van der Waals surface area contributed by atoms with Crippen LogP contribution < -0.4 is 10.2 Å². The molecule has 25 heavy (non-hydrogen) atoms. The number of hydrogen-bond donors (Lipinski definition) is 1. The van der Waals surface area contributed by atoms with Crippen molar-refractivity contribution >= 4 is 17.4 Å². The molecular formula is C17H25N7O. The van der Waals surface area contributed by atoms with Crippen LogP contribution in [0.15, 0.2) is 12.4 Å². The average Bonchev–Trinajstić information content (AvgIpc) is 3.33. The van der Waals surface area contributed by atoms with E-state index in [0.29, 0.717) is 12.5 Å². The number of nitrogens with zero attached hydrogens (tertiary/aromatic N) is 6. The molecule has 0 bridgehead atoms. The highest BCUT2D eigenvalue weighted by Crippen LogP contribution is 2.39. The van der Waals surface area contributed by atoms with Crippen LogP contribution in [0.4, 0.5) is 5.82 Å². The maximum atomic E-state index is 11.9. The highest BCUT2D eigenvalue weighted by atomic mass is 16.2. The Morgan fingerprint density at radius 1 is 1.24 bits per heavy atom. The maximum Gasteiger partial charge on any atom is 0.234 e. The second-order valence-electron chi connectivity index (χ2n) is 7.26.